The van der Waals surface area contributed by atoms with Gasteiger partial charge >= 0.3 is 0 Å². The molecule has 0 bridgehead atoms. The molecule has 2 aliphatic heterocycles. The fourth-order valence-corrected chi connectivity index (χ4v) is 5.03. The number of halogens is 1. The molecular formula is C19H19BrN2O2S. The Balaban J connectivity index is 1.89. The van der Waals surface area contributed by atoms with Gasteiger partial charge in [0.1, 0.15) is 0 Å². The molecule has 1 saturated heterocycles. The first-order valence-electron chi connectivity index (χ1n) is 8.41. The molecule has 0 unspecified atom stereocenters. The van der Waals surface area contributed by atoms with Crippen LogP contribution in [0.15, 0.2) is 45.0 Å². The average molecular weight is 419 g/mol. The number of rotatable bonds is 1. The van der Waals surface area contributed by atoms with Crippen molar-refractivity contribution in [3.05, 3.63) is 45.6 Å². The Hall–Kier alpha value is -1.40. The summed E-state index contributed by atoms with van der Waals surface area (Å²) in [4.78, 5) is 32.2. The molecule has 1 aromatic rings. The van der Waals surface area contributed by atoms with Gasteiger partial charge in [-0.25, -0.2) is 4.99 Å². The van der Waals surface area contributed by atoms with Crippen LogP contribution in [0.2, 0.25) is 0 Å². The molecule has 2 heterocycles. The van der Waals surface area contributed by atoms with Gasteiger partial charge < -0.3 is 0 Å². The van der Waals surface area contributed by atoms with Gasteiger partial charge in [-0.15, -0.1) is 0 Å². The third-order valence-electron chi connectivity index (χ3n) is 4.87. The van der Waals surface area contributed by atoms with Crippen molar-refractivity contribution >= 4 is 44.5 Å². The van der Waals surface area contributed by atoms with E-state index in [1.165, 1.54) is 0 Å². The number of amidine groups is 1. The Bertz CT molecular complexity index is 826. The average Bonchev–Trinajstić information content (AvgIpc) is 2.53. The minimum Gasteiger partial charge on any atom is -0.294 e. The number of amides is 1. The van der Waals surface area contributed by atoms with Gasteiger partial charge in [-0.05, 0) is 29.5 Å². The van der Waals surface area contributed by atoms with Gasteiger partial charge in [0.15, 0.2) is 11.0 Å². The molecule has 25 heavy (non-hydrogen) atoms. The van der Waals surface area contributed by atoms with Crippen LogP contribution < -0.4 is 0 Å². The summed E-state index contributed by atoms with van der Waals surface area (Å²) in [5.74, 6) is 0.918. The Morgan fingerprint density at radius 3 is 2.64 bits per heavy atom. The summed E-state index contributed by atoms with van der Waals surface area (Å²) in [6.45, 7) is 4.21. The molecule has 6 heteroatoms. The molecule has 0 N–H and O–H groups in total. The lowest BCUT2D eigenvalue weighted by Crippen LogP contribution is -2.47. The smallest absolute Gasteiger partial charge is 0.230 e. The molecule has 1 aromatic carbocycles. The largest absolute Gasteiger partial charge is 0.294 e. The molecular weight excluding hydrogens is 400 g/mol. The normalized spacial score (nSPS) is 25.5. The van der Waals surface area contributed by atoms with Gasteiger partial charge in [-0.1, -0.05) is 53.7 Å². The second-order valence-electron chi connectivity index (χ2n) is 7.51. The third-order valence-corrected chi connectivity index (χ3v) is 6.35. The lowest BCUT2D eigenvalue weighted by Gasteiger charge is -2.43. The molecule has 0 aromatic heterocycles. The fraction of sp³-hybridized carbons (Fsp3) is 0.421. The number of ketones is 1. The van der Waals surface area contributed by atoms with Crippen LogP contribution in [0.1, 0.15) is 44.7 Å². The summed E-state index contributed by atoms with van der Waals surface area (Å²) in [6.07, 6.45) is 1.76. The van der Waals surface area contributed by atoms with E-state index in [1.54, 1.807) is 16.7 Å². The van der Waals surface area contributed by atoms with E-state index in [9.17, 15) is 9.59 Å². The van der Waals surface area contributed by atoms with Crippen LogP contribution in [0.5, 0.6) is 0 Å². The number of Topliss-reactive ketones (excluding diaryl/α,β-unsaturated/α-hetero) is 1. The zero-order valence-electron chi connectivity index (χ0n) is 14.2. The van der Waals surface area contributed by atoms with E-state index >= 15 is 0 Å². The molecule has 1 aliphatic carbocycles. The van der Waals surface area contributed by atoms with Crippen LogP contribution in [0.3, 0.4) is 0 Å². The van der Waals surface area contributed by atoms with E-state index in [0.29, 0.717) is 18.4 Å². The molecule has 130 valence electrons. The number of hydrogen-bond donors (Lipinski definition) is 0. The van der Waals surface area contributed by atoms with Crippen molar-refractivity contribution in [2.45, 2.75) is 39.2 Å². The highest BCUT2D eigenvalue weighted by atomic mass is 79.9. The topological polar surface area (TPSA) is 49.7 Å². The van der Waals surface area contributed by atoms with Gasteiger partial charge in [0.2, 0.25) is 5.91 Å². The quantitative estimate of drug-likeness (QED) is 0.675. The SMILES string of the molecule is CC1(C)CC(=O)C2=C(C1)N=C1SCCC(=O)N1[C@@H]2c1ccc(Br)cc1. The Labute approximate surface area is 159 Å². The number of hydrogen-bond acceptors (Lipinski definition) is 4. The van der Waals surface area contributed by atoms with Gasteiger partial charge in [0.05, 0.1) is 11.7 Å². The standard InChI is InChI=1S/C19H19BrN2O2S/c1-19(2)9-13-16(14(23)10-19)17(11-3-5-12(20)6-4-11)22-15(24)7-8-25-18(22)21-13/h3-6,17H,7-10H2,1-2H3/t17-/m1/s1. The predicted octanol–water partition coefficient (Wildman–Crippen LogP) is 4.47. The highest BCUT2D eigenvalue weighted by molar-refractivity contribution is 9.10. The molecule has 0 radical (unpaired) electrons. The van der Waals surface area contributed by atoms with Crippen molar-refractivity contribution in [2.24, 2.45) is 10.4 Å². The summed E-state index contributed by atoms with van der Waals surface area (Å²) in [5.41, 5.74) is 2.45. The summed E-state index contributed by atoms with van der Waals surface area (Å²) in [6, 6.07) is 7.54. The summed E-state index contributed by atoms with van der Waals surface area (Å²) < 4.78 is 0.977. The van der Waals surface area contributed by atoms with Gasteiger partial charge in [-0.3, -0.25) is 14.5 Å². The highest BCUT2D eigenvalue weighted by Crippen LogP contribution is 2.47. The van der Waals surface area contributed by atoms with E-state index in [2.05, 4.69) is 29.8 Å². The van der Waals surface area contributed by atoms with Gasteiger partial charge in [0, 0.05) is 28.6 Å². The number of carbonyl (C=O) groups is 2. The first kappa shape index (κ1) is 17.0. The van der Waals surface area contributed by atoms with Crippen LogP contribution in [-0.4, -0.2) is 27.5 Å². The van der Waals surface area contributed by atoms with Crippen LogP contribution in [0.4, 0.5) is 0 Å². The Morgan fingerprint density at radius 2 is 1.92 bits per heavy atom. The zero-order chi connectivity index (χ0) is 17.8. The lowest BCUT2D eigenvalue weighted by molar-refractivity contribution is -0.128. The number of nitrogens with zero attached hydrogens (tertiary/aromatic N) is 2. The predicted molar refractivity (Wildman–Crippen MR) is 103 cm³/mol. The maximum absolute atomic E-state index is 13.0. The molecule has 4 rings (SSSR count). The van der Waals surface area contributed by atoms with Crippen molar-refractivity contribution in [1.29, 1.82) is 0 Å². The summed E-state index contributed by atoms with van der Waals surface area (Å²) in [5, 5.41) is 0.744. The van der Waals surface area contributed by atoms with Crippen LogP contribution in [0.25, 0.3) is 0 Å². The number of allylic oxidation sites excluding steroid dienone is 1. The van der Waals surface area contributed by atoms with Crippen LogP contribution >= 0.6 is 27.7 Å². The molecule has 0 saturated carbocycles. The van der Waals surface area contributed by atoms with Crippen molar-refractivity contribution in [2.75, 3.05) is 5.75 Å². The molecule has 4 nitrogen and oxygen atoms in total. The molecule has 0 spiro atoms. The second kappa shape index (κ2) is 6.09. The minimum absolute atomic E-state index is 0.0506. The van der Waals surface area contributed by atoms with E-state index in [-0.39, 0.29) is 23.1 Å². The van der Waals surface area contributed by atoms with Gasteiger partial charge in [0.25, 0.3) is 0 Å². The van der Waals surface area contributed by atoms with Crippen LogP contribution in [-0.2, 0) is 9.59 Å². The van der Waals surface area contributed by atoms with E-state index in [0.717, 1.165) is 33.1 Å². The third kappa shape index (κ3) is 2.99. The lowest BCUT2D eigenvalue weighted by atomic mass is 9.73. The number of fused-ring (bicyclic) bond motifs is 1. The summed E-state index contributed by atoms with van der Waals surface area (Å²) >= 11 is 5.07. The van der Waals surface area contributed by atoms with Crippen molar-refractivity contribution in [3.63, 3.8) is 0 Å². The molecule has 1 atom stereocenters. The maximum Gasteiger partial charge on any atom is 0.230 e. The Kier molecular flexibility index (Phi) is 4.15. The second-order valence-corrected chi connectivity index (χ2v) is 9.49. The Morgan fingerprint density at radius 1 is 1.20 bits per heavy atom. The van der Waals surface area contributed by atoms with E-state index in [1.807, 2.05) is 24.3 Å². The fourth-order valence-electron chi connectivity index (χ4n) is 3.78. The first-order valence-corrected chi connectivity index (χ1v) is 10.2. The molecule has 3 aliphatic rings. The first-order chi connectivity index (χ1) is 11.9. The number of thioether (sulfide) groups is 1. The van der Waals surface area contributed by atoms with Crippen LogP contribution in [0, 0.1) is 5.41 Å². The van der Waals surface area contributed by atoms with Gasteiger partial charge in [-0.2, -0.15) is 0 Å². The van der Waals surface area contributed by atoms with Crippen molar-refractivity contribution in [3.8, 4) is 0 Å². The zero-order valence-corrected chi connectivity index (χ0v) is 16.6. The monoisotopic (exact) mass is 418 g/mol. The molecule has 1 fully saturated rings. The van der Waals surface area contributed by atoms with E-state index < -0.39 is 0 Å². The van der Waals surface area contributed by atoms with Crippen molar-refractivity contribution < 1.29 is 9.59 Å². The minimum atomic E-state index is -0.348. The number of aliphatic imine (C=N–C) groups is 1. The number of carbonyl (C=O) groups excluding carboxylic acids is 2. The summed E-state index contributed by atoms with van der Waals surface area (Å²) in [7, 11) is 0. The number of benzene rings is 1. The molecule has 1 amide bonds. The maximum atomic E-state index is 13.0. The van der Waals surface area contributed by atoms with Crippen molar-refractivity contribution in [1.82, 2.24) is 4.90 Å². The van der Waals surface area contributed by atoms with E-state index in [4.69, 9.17) is 4.99 Å². The highest BCUT2D eigenvalue weighted by Gasteiger charge is 2.45.